The molecule has 3 nitrogen and oxygen atoms in total. The van der Waals surface area contributed by atoms with Gasteiger partial charge in [0.2, 0.25) is 5.91 Å². The highest BCUT2D eigenvalue weighted by molar-refractivity contribution is 7.11. The number of hydrogen-bond acceptors (Lipinski definition) is 3. The topological polar surface area (TPSA) is 49.3 Å². The Morgan fingerprint density at radius 3 is 2.95 bits per heavy atom. The Balaban J connectivity index is 1.71. The third-order valence-corrected chi connectivity index (χ3v) is 4.77. The fourth-order valence-corrected chi connectivity index (χ4v) is 3.48. The van der Waals surface area contributed by atoms with Gasteiger partial charge in [-0.2, -0.15) is 0 Å². The summed E-state index contributed by atoms with van der Waals surface area (Å²) in [5.74, 6) is -0.177. The molecule has 1 aromatic heterocycles. The summed E-state index contributed by atoms with van der Waals surface area (Å²) < 4.78 is 0. The molecule has 108 valence electrons. The van der Waals surface area contributed by atoms with Crippen molar-refractivity contribution in [3.8, 4) is 0 Å². The number of carbonyl (C=O) groups excluding carboxylic acids is 1. The first-order valence-electron chi connectivity index (χ1n) is 6.93. The van der Waals surface area contributed by atoms with Crippen molar-refractivity contribution in [3.05, 3.63) is 63.4 Å². The van der Waals surface area contributed by atoms with E-state index in [-0.39, 0.29) is 11.9 Å². The largest absolute Gasteiger partial charge is 0.390 e. The number of thiophene rings is 1. The molecular formula is C17H17NO2S. The lowest BCUT2D eigenvalue weighted by molar-refractivity contribution is -0.117. The van der Waals surface area contributed by atoms with Gasteiger partial charge in [-0.1, -0.05) is 24.3 Å². The fraction of sp³-hybridized carbons (Fsp3) is 0.235. The van der Waals surface area contributed by atoms with Gasteiger partial charge in [-0.05, 0) is 41.1 Å². The Morgan fingerprint density at radius 1 is 1.38 bits per heavy atom. The minimum Gasteiger partial charge on any atom is -0.390 e. The van der Waals surface area contributed by atoms with Gasteiger partial charge in [0.15, 0.2) is 0 Å². The average molecular weight is 299 g/mol. The van der Waals surface area contributed by atoms with Gasteiger partial charge in [0.25, 0.3) is 0 Å². The molecule has 0 saturated carbocycles. The number of aliphatic hydroxyl groups excluding tert-OH is 1. The molecule has 1 amide bonds. The van der Waals surface area contributed by atoms with Gasteiger partial charge >= 0.3 is 0 Å². The van der Waals surface area contributed by atoms with Gasteiger partial charge in [-0.25, -0.2) is 0 Å². The molecule has 0 saturated heterocycles. The number of benzene rings is 1. The van der Waals surface area contributed by atoms with Crippen molar-refractivity contribution >= 4 is 23.3 Å². The quantitative estimate of drug-likeness (QED) is 0.856. The van der Waals surface area contributed by atoms with E-state index < -0.39 is 6.10 Å². The first-order valence-corrected chi connectivity index (χ1v) is 7.81. The summed E-state index contributed by atoms with van der Waals surface area (Å²) in [6.45, 7) is 2.02. The molecule has 0 aliphatic heterocycles. The molecule has 21 heavy (non-hydrogen) atoms. The lowest BCUT2D eigenvalue weighted by Gasteiger charge is -2.16. The molecule has 2 aromatic rings. The molecule has 1 aromatic carbocycles. The van der Waals surface area contributed by atoms with Crippen LogP contribution in [-0.2, 0) is 11.2 Å². The van der Waals surface area contributed by atoms with Gasteiger partial charge in [0.05, 0.1) is 12.1 Å². The lowest BCUT2D eigenvalue weighted by atomic mass is 10.1. The number of rotatable bonds is 3. The number of aryl methyl sites for hydroxylation is 1. The minimum absolute atomic E-state index is 0.177. The van der Waals surface area contributed by atoms with E-state index in [2.05, 4.69) is 5.32 Å². The van der Waals surface area contributed by atoms with Crippen molar-refractivity contribution < 1.29 is 9.90 Å². The predicted octanol–water partition coefficient (Wildman–Crippen LogP) is 2.84. The van der Waals surface area contributed by atoms with E-state index in [1.165, 1.54) is 6.08 Å². The predicted molar refractivity (Wildman–Crippen MR) is 85.1 cm³/mol. The molecule has 4 heteroatoms. The number of nitrogens with one attached hydrogen (secondary N) is 1. The highest BCUT2D eigenvalue weighted by Crippen LogP contribution is 2.31. The summed E-state index contributed by atoms with van der Waals surface area (Å²) in [5, 5.41) is 15.0. The van der Waals surface area contributed by atoms with E-state index in [0.29, 0.717) is 6.42 Å². The summed E-state index contributed by atoms with van der Waals surface area (Å²) >= 11 is 1.61. The molecule has 2 unspecified atom stereocenters. The summed E-state index contributed by atoms with van der Waals surface area (Å²) in [4.78, 5) is 13.1. The summed E-state index contributed by atoms with van der Waals surface area (Å²) in [6, 6.07) is 9.55. The van der Waals surface area contributed by atoms with Crippen LogP contribution < -0.4 is 5.32 Å². The molecule has 0 radical (unpaired) electrons. The van der Waals surface area contributed by atoms with E-state index in [1.54, 1.807) is 11.3 Å². The Hall–Kier alpha value is -1.91. The monoisotopic (exact) mass is 299 g/mol. The van der Waals surface area contributed by atoms with Crippen molar-refractivity contribution in [3.63, 3.8) is 0 Å². The second kappa shape index (κ2) is 5.84. The summed E-state index contributed by atoms with van der Waals surface area (Å²) in [6.07, 6.45) is 3.40. The number of amides is 1. The first-order chi connectivity index (χ1) is 10.1. The number of fused-ring (bicyclic) bond motifs is 1. The van der Waals surface area contributed by atoms with Crippen LogP contribution in [0.5, 0.6) is 0 Å². The van der Waals surface area contributed by atoms with Crippen molar-refractivity contribution in [2.75, 3.05) is 0 Å². The third-order valence-electron chi connectivity index (χ3n) is 3.79. The van der Waals surface area contributed by atoms with Gasteiger partial charge < -0.3 is 10.4 Å². The zero-order chi connectivity index (χ0) is 14.8. The molecule has 1 aliphatic carbocycles. The van der Waals surface area contributed by atoms with Crippen LogP contribution >= 0.6 is 11.3 Å². The van der Waals surface area contributed by atoms with Crippen LogP contribution in [0.2, 0.25) is 0 Å². The molecule has 3 rings (SSSR count). The van der Waals surface area contributed by atoms with E-state index in [1.807, 2.05) is 48.7 Å². The highest BCUT2D eigenvalue weighted by atomic mass is 32.1. The Morgan fingerprint density at radius 2 is 2.19 bits per heavy atom. The second-order valence-electron chi connectivity index (χ2n) is 5.26. The van der Waals surface area contributed by atoms with Crippen LogP contribution in [0.25, 0.3) is 6.08 Å². The zero-order valence-electron chi connectivity index (χ0n) is 11.7. The van der Waals surface area contributed by atoms with Crippen molar-refractivity contribution in [2.24, 2.45) is 0 Å². The van der Waals surface area contributed by atoms with E-state index in [0.717, 1.165) is 21.6 Å². The normalized spacial score (nSPS) is 20.7. The van der Waals surface area contributed by atoms with Crippen LogP contribution in [0, 0.1) is 6.92 Å². The van der Waals surface area contributed by atoms with Crippen LogP contribution in [0.3, 0.4) is 0 Å². The summed E-state index contributed by atoms with van der Waals surface area (Å²) in [7, 11) is 0. The number of hydrogen-bond donors (Lipinski definition) is 2. The molecule has 1 aliphatic rings. The maximum absolute atomic E-state index is 12.1. The molecule has 1 heterocycles. The van der Waals surface area contributed by atoms with E-state index in [9.17, 15) is 9.90 Å². The second-order valence-corrected chi connectivity index (χ2v) is 6.21. The zero-order valence-corrected chi connectivity index (χ0v) is 12.6. The maximum Gasteiger partial charge on any atom is 0.244 e. The SMILES string of the molecule is Cc1ccsc1C=CC(=O)NC1c2ccccc2CC1O. The van der Waals surface area contributed by atoms with Crippen molar-refractivity contribution in [1.29, 1.82) is 0 Å². The molecule has 0 bridgehead atoms. The number of aliphatic hydroxyl groups is 1. The fourth-order valence-electron chi connectivity index (χ4n) is 2.66. The summed E-state index contributed by atoms with van der Waals surface area (Å²) in [5.41, 5.74) is 3.28. The Labute approximate surface area is 127 Å². The van der Waals surface area contributed by atoms with Gasteiger partial charge in [0, 0.05) is 17.4 Å². The third kappa shape index (κ3) is 2.91. The van der Waals surface area contributed by atoms with Gasteiger partial charge in [0.1, 0.15) is 0 Å². The lowest BCUT2D eigenvalue weighted by Crippen LogP contribution is -2.32. The maximum atomic E-state index is 12.1. The van der Waals surface area contributed by atoms with Crippen molar-refractivity contribution in [1.82, 2.24) is 5.32 Å². The van der Waals surface area contributed by atoms with E-state index >= 15 is 0 Å². The van der Waals surface area contributed by atoms with Gasteiger partial charge in [-0.15, -0.1) is 11.3 Å². The molecular weight excluding hydrogens is 282 g/mol. The molecule has 0 fully saturated rings. The van der Waals surface area contributed by atoms with E-state index in [4.69, 9.17) is 0 Å². The molecule has 0 spiro atoms. The Bertz CT molecular complexity index is 690. The van der Waals surface area contributed by atoms with Crippen LogP contribution in [0.1, 0.15) is 27.6 Å². The minimum atomic E-state index is -0.553. The van der Waals surface area contributed by atoms with Crippen LogP contribution in [0.15, 0.2) is 41.8 Å². The Kier molecular flexibility index (Phi) is 3.90. The first kappa shape index (κ1) is 14.0. The smallest absolute Gasteiger partial charge is 0.244 e. The van der Waals surface area contributed by atoms with Gasteiger partial charge in [-0.3, -0.25) is 4.79 Å². The molecule has 2 atom stereocenters. The molecule has 2 N–H and O–H groups in total. The standard InChI is InChI=1S/C17H17NO2S/c1-11-8-9-21-15(11)6-7-16(20)18-17-13-5-3-2-4-12(13)10-14(17)19/h2-9,14,17,19H,10H2,1H3,(H,18,20). The highest BCUT2D eigenvalue weighted by Gasteiger charge is 2.31. The van der Waals surface area contributed by atoms with Crippen molar-refractivity contribution in [2.45, 2.75) is 25.5 Å². The number of carbonyl (C=O) groups is 1. The van der Waals surface area contributed by atoms with Crippen LogP contribution in [0.4, 0.5) is 0 Å². The van der Waals surface area contributed by atoms with Crippen LogP contribution in [-0.4, -0.2) is 17.1 Å². The average Bonchev–Trinajstić information content (AvgIpc) is 3.01.